The largest absolute Gasteiger partial charge is 0.504 e. The van der Waals surface area contributed by atoms with E-state index in [1.165, 1.54) is 28.9 Å². The van der Waals surface area contributed by atoms with Gasteiger partial charge in [0.2, 0.25) is 5.91 Å². The van der Waals surface area contributed by atoms with Crippen molar-refractivity contribution in [3.8, 4) is 5.75 Å². The summed E-state index contributed by atoms with van der Waals surface area (Å²) in [6.07, 6.45) is 4.60. The van der Waals surface area contributed by atoms with E-state index in [1.807, 2.05) is 31.2 Å². The number of benzene rings is 1. The van der Waals surface area contributed by atoms with Gasteiger partial charge in [-0.05, 0) is 36.6 Å². The Labute approximate surface area is 178 Å². The molecule has 2 N–H and O–H groups in total. The van der Waals surface area contributed by atoms with E-state index in [2.05, 4.69) is 10.3 Å². The van der Waals surface area contributed by atoms with Crippen molar-refractivity contribution in [3.63, 3.8) is 0 Å². The first-order valence-corrected chi connectivity index (χ1v) is 10.4. The van der Waals surface area contributed by atoms with Gasteiger partial charge in [0, 0.05) is 24.6 Å². The van der Waals surface area contributed by atoms with Crippen molar-refractivity contribution < 1.29 is 14.7 Å². The van der Waals surface area contributed by atoms with Gasteiger partial charge in [0.15, 0.2) is 11.4 Å². The predicted molar refractivity (Wildman–Crippen MR) is 114 cm³/mol. The molecule has 8 nitrogen and oxygen atoms in total. The van der Waals surface area contributed by atoms with Crippen LogP contribution in [0.2, 0.25) is 0 Å². The van der Waals surface area contributed by atoms with Crippen LogP contribution in [0, 0.1) is 0 Å². The molecule has 2 aromatic heterocycles. The van der Waals surface area contributed by atoms with Crippen LogP contribution in [0.5, 0.6) is 5.75 Å². The van der Waals surface area contributed by atoms with Crippen LogP contribution >= 0.6 is 0 Å². The molecule has 0 radical (unpaired) electrons. The molecule has 158 valence electrons. The Morgan fingerprint density at radius 2 is 2.06 bits per heavy atom. The molecule has 8 heteroatoms. The lowest BCUT2D eigenvalue weighted by Gasteiger charge is -2.33. The molecule has 0 unspecified atom stereocenters. The van der Waals surface area contributed by atoms with Crippen molar-refractivity contribution in [1.29, 1.82) is 0 Å². The summed E-state index contributed by atoms with van der Waals surface area (Å²) in [5.41, 5.74) is 0.349. The Bertz CT molecular complexity index is 1280. The summed E-state index contributed by atoms with van der Waals surface area (Å²) in [6, 6.07) is 10.2. The van der Waals surface area contributed by atoms with Crippen LogP contribution in [-0.2, 0) is 10.2 Å². The minimum atomic E-state index is -0.818. The van der Waals surface area contributed by atoms with Gasteiger partial charge in [0.1, 0.15) is 5.56 Å². The molecule has 0 saturated carbocycles. The number of nitrogens with zero attached hydrogens (tertiary/aromatic N) is 3. The maximum absolute atomic E-state index is 13.5. The first kappa shape index (κ1) is 19.3. The number of fused-ring (bicyclic) bond motifs is 3. The van der Waals surface area contributed by atoms with Crippen molar-refractivity contribution in [2.45, 2.75) is 37.6 Å². The van der Waals surface area contributed by atoms with Crippen molar-refractivity contribution >= 4 is 23.1 Å². The number of rotatable bonds is 3. The van der Waals surface area contributed by atoms with Crippen LogP contribution in [0.1, 0.15) is 42.1 Å². The summed E-state index contributed by atoms with van der Waals surface area (Å²) in [5.74, 6) is -0.676. The van der Waals surface area contributed by atoms with Gasteiger partial charge in [-0.1, -0.05) is 31.5 Å². The highest BCUT2D eigenvalue weighted by Gasteiger charge is 2.58. The van der Waals surface area contributed by atoms with Crippen LogP contribution in [0.25, 0.3) is 5.65 Å². The zero-order valence-corrected chi connectivity index (χ0v) is 17.0. The highest BCUT2D eigenvalue weighted by molar-refractivity contribution is 6.08. The molecule has 4 heterocycles. The zero-order valence-electron chi connectivity index (χ0n) is 17.0. The average Bonchev–Trinajstić information content (AvgIpc) is 3.28. The molecule has 2 aliphatic rings. The van der Waals surface area contributed by atoms with Gasteiger partial charge in [0.25, 0.3) is 11.5 Å². The number of likely N-dealkylation sites (tertiary alicyclic amines) is 1. The number of anilines is 1. The Balaban J connectivity index is 1.59. The van der Waals surface area contributed by atoms with E-state index in [0.717, 1.165) is 17.7 Å². The second-order valence-corrected chi connectivity index (χ2v) is 8.09. The molecule has 31 heavy (non-hydrogen) atoms. The number of carbonyl (C=O) groups is 2. The molecule has 0 aliphatic carbocycles. The molecular formula is C23H22N4O4. The van der Waals surface area contributed by atoms with E-state index in [1.54, 1.807) is 4.90 Å². The van der Waals surface area contributed by atoms with E-state index >= 15 is 0 Å². The summed E-state index contributed by atoms with van der Waals surface area (Å²) in [6.45, 7) is 2.39. The normalized spacial score (nSPS) is 22.2. The molecule has 0 bridgehead atoms. The number of para-hydroxylation sites is 1. The topological polar surface area (TPSA) is 104 Å². The summed E-state index contributed by atoms with van der Waals surface area (Å²) in [4.78, 5) is 45.5. The van der Waals surface area contributed by atoms with E-state index in [-0.39, 0.29) is 28.9 Å². The SMILES string of the molecule is CCC[C@@H]1N(C(=O)c2cnc3c(O)cccn3c2=O)CC[C@]12C(=O)Nc1ccccc12. The van der Waals surface area contributed by atoms with Gasteiger partial charge in [-0.3, -0.25) is 18.8 Å². The summed E-state index contributed by atoms with van der Waals surface area (Å²) in [5, 5.41) is 12.9. The summed E-state index contributed by atoms with van der Waals surface area (Å²) < 4.78 is 1.17. The quantitative estimate of drug-likeness (QED) is 0.679. The van der Waals surface area contributed by atoms with Gasteiger partial charge < -0.3 is 15.3 Å². The number of amides is 2. The van der Waals surface area contributed by atoms with E-state index in [4.69, 9.17) is 0 Å². The molecule has 1 spiro atoms. The Morgan fingerprint density at radius 1 is 1.26 bits per heavy atom. The fourth-order valence-corrected chi connectivity index (χ4v) is 5.11. The molecule has 2 atom stereocenters. The molecule has 1 aromatic carbocycles. The summed E-state index contributed by atoms with van der Waals surface area (Å²) >= 11 is 0. The second kappa shape index (κ2) is 6.94. The lowest BCUT2D eigenvalue weighted by molar-refractivity contribution is -0.121. The lowest BCUT2D eigenvalue weighted by Crippen LogP contribution is -2.49. The number of carbonyl (C=O) groups excluding carboxylic acids is 2. The highest BCUT2D eigenvalue weighted by Crippen LogP contribution is 2.49. The molecule has 1 fully saturated rings. The second-order valence-electron chi connectivity index (χ2n) is 8.09. The minimum Gasteiger partial charge on any atom is -0.504 e. The molecular weight excluding hydrogens is 396 g/mol. The Kier molecular flexibility index (Phi) is 4.32. The predicted octanol–water partition coefficient (Wildman–Crippen LogP) is 2.30. The van der Waals surface area contributed by atoms with Crippen molar-refractivity contribution in [3.05, 3.63) is 70.3 Å². The maximum atomic E-state index is 13.5. The molecule has 2 amide bonds. The monoisotopic (exact) mass is 418 g/mol. The maximum Gasteiger partial charge on any atom is 0.270 e. The van der Waals surface area contributed by atoms with Gasteiger partial charge in [-0.25, -0.2) is 4.98 Å². The van der Waals surface area contributed by atoms with Crippen LogP contribution < -0.4 is 10.9 Å². The fraction of sp³-hybridized carbons (Fsp3) is 0.304. The van der Waals surface area contributed by atoms with Crippen molar-refractivity contribution in [1.82, 2.24) is 14.3 Å². The number of hydrogen-bond donors (Lipinski definition) is 2. The van der Waals surface area contributed by atoms with Crippen LogP contribution in [0.3, 0.4) is 0 Å². The molecule has 5 rings (SSSR count). The van der Waals surface area contributed by atoms with Crippen molar-refractivity contribution in [2.24, 2.45) is 0 Å². The van der Waals surface area contributed by atoms with Crippen LogP contribution in [0.15, 0.2) is 53.6 Å². The zero-order chi connectivity index (χ0) is 21.8. The van der Waals surface area contributed by atoms with Gasteiger partial charge >= 0.3 is 0 Å². The number of hydrogen-bond acceptors (Lipinski definition) is 5. The minimum absolute atomic E-state index is 0.0760. The van der Waals surface area contributed by atoms with E-state index in [9.17, 15) is 19.5 Å². The third-order valence-corrected chi connectivity index (χ3v) is 6.52. The summed E-state index contributed by atoms with van der Waals surface area (Å²) in [7, 11) is 0. The third kappa shape index (κ3) is 2.60. The average molecular weight is 418 g/mol. The molecule has 2 aliphatic heterocycles. The van der Waals surface area contributed by atoms with Crippen LogP contribution in [-0.4, -0.2) is 43.8 Å². The Hall–Kier alpha value is -3.68. The highest BCUT2D eigenvalue weighted by atomic mass is 16.3. The van der Waals surface area contributed by atoms with E-state index < -0.39 is 16.9 Å². The van der Waals surface area contributed by atoms with Crippen LogP contribution in [0.4, 0.5) is 5.69 Å². The lowest BCUT2D eigenvalue weighted by atomic mass is 9.73. The molecule has 3 aromatic rings. The molecule has 1 saturated heterocycles. The Morgan fingerprint density at radius 3 is 2.87 bits per heavy atom. The number of nitrogens with one attached hydrogen (secondary N) is 1. The smallest absolute Gasteiger partial charge is 0.270 e. The standard InChI is InChI=1S/C23H22N4O4/c1-2-6-18-23(15-7-3-4-8-16(15)25-22(23)31)10-12-26(18)20(29)14-13-24-19-17(28)9-5-11-27(19)21(14)30/h3-5,7-9,11,13,18,28H,2,6,10,12H2,1H3,(H,25,31)/t18-,23+/m0/s1. The van der Waals surface area contributed by atoms with Gasteiger partial charge in [-0.2, -0.15) is 0 Å². The first-order chi connectivity index (χ1) is 15.0. The number of pyridine rings is 1. The third-order valence-electron chi connectivity index (χ3n) is 6.52. The number of aromatic nitrogens is 2. The fourth-order valence-electron chi connectivity index (χ4n) is 5.11. The first-order valence-electron chi connectivity index (χ1n) is 10.4. The number of aromatic hydroxyl groups is 1. The van der Waals surface area contributed by atoms with Crippen molar-refractivity contribution in [2.75, 3.05) is 11.9 Å². The van der Waals surface area contributed by atoms with Gasteiger partial charge in [0.05, 0.1) is 11.5 Å². The van der Waals surface area contributed by atoms with E-state index in [0.29, 0.717) is 19.4 Å². The van der Waals surface area contributed by atoms with Gasteiger partial charge in [-0.15, -0.1) is 0 Å².